The number of methoxy groups -OCH3 is 1. The van der Waals surface area contributed by atoms with Crippen LogP contribution in [0.3, 0.4) is 0 Å². The molecule has 0 aliphatic carbocycles. The number of alkyl halides is 1. The molecular weight excluding hydrogens is 251 g/mol. The molecule has 3 nitrogen and oxygen atoms in total. The zero-order valence-corrected chi connectivity index (χ0v) is 10.3. The molecule has 0 bridgehead atoms. The van der Waals surface area contributed by atoms with Crippen LogP contribution in [0, 0.1) is 0 Å². The summed E-state index contributed by atoms with van der Waals surface area (Å²) in [6, 6.07) is 4.38. The van der Waals surface area contributed by atoms with Crippen LogP contribution in [0.25, 0.3) is 0 Å². The number of benzene rings is 1. The van der Waals surface area contributed by atoms with E-state index in [1.54, 1.807) is 6.92 Å². The first kappa shape index (κ1) is 13.0. The van der Waals surface area contributed by atoms with Gasteiger partial charge in [0.1, 0.15) is 0 Å². The maximum absolute atomic E-state index is 11.6. The SMILES string of the molecule is COC(=O)c1cc(C(=O)C(C)Cl)ccc1Cl. The Balaban J connectivity index is 3.17. The first-order valence-electron chi connectivity index (χ1n) is 4.53. The predicted octanol–water partition coefficient (Wildman–Crippen LogP) is 2.94. The van der Waals surface area contributed by atoms with Crippen molar-refractivity contribution >= 4 is 35.0 Å². The molecule has 5 heteroatoms. The lowest BCUT2D eigenvalue weighted by atomic mass is 10.1. The van der Waals surface area contributed by atoms with Gasteiger partial charge in [-0.05, 0) is 25.1 Å². The van der Waals surface area contributed by atoms with Gasteiger partial charge in [-0.3, -0.25) is 4.79 Å². The highest BCUT2D eigenvalue weighted by Crippen LogP contribution is 2.20. The Kier molecular flexibility index (Phi) is 4.33. The quantitative estimate of drug-likeness (QED) is 0.477. The van der Waals surface area contributed by atoms with E-state index < -0.39 is 11.3 Å². The minimum absolute atomic E-state index is 0.160. The van der Waals surface area contributed by atoms with Gasteiger partial charge in [-0.2, -0.15) is 0 Å². The summed E-state index contributed by atoms with van der Waals surface area (Å²) in [7, 11) is 1.25. The fraction of sp³-hybridized carbons (Fsp3) is 0.273. The average Bonchev–Trinajstić information content (AvgIpc) is 2.27. The second-order valence-electron chi connectivity index (χ2n) is 3.17. The van der Waals surface area contributed by atoms with Crippen molar-refractivity contribution in [1.82, 2.24) is 0 Å². The molecule has 0 aromatic heterocycles. The molecule has 0 saturated heterocycles. The number of ketones is 1. The van der Waals surface area contributed by atoms with Crippen LogP contribution in [-0.4, -0.2) is 24.2 Å². The van der Waals surface area contributed by atoms with E-state index in [-0.39, 0.29) is 16.4 Å². The molecule has 0 heterocycles. The number of hydrogen-bond acceptors (Lipinski definition) is 3. The van der Waals surface area contributed by atoms with E-state index in [1.165, 1.54) is 25.3 Å². The Morgan fingerprint density at radius 1 is 1.38 bits per heavy atom. The van der Waals surface area contributed by atoms with E-state index in [0.717, 1.165) is 0 Å². The standard InChI is InChI=1S/C11H10Cl2O3/c1-6(12)10(14)7-3-4-9(13)8(5-7)11(15)16-2/h3-6H,1-2H3. The Bertz CT molecular complexity index is 427. The Morgan fingerprint density at radius 3 is 2.50 bits per heavy atom. The third kappa shape index (κ3) is 2.74. The van der Waals surface area contributed by atoms with Gasteiger partial charge in [-0.25, -0.2) is 4.79 Å². The number of Topliss-reactive ketones (excluding diaryl/α,β-unsaturated/α-hetero) is 1. The molecular formula is C11H10Cl2O3. The van der Waals surface area contributed by atoms with Crippen LogP contribution in [0.2, 0.25) is 5.02 Å². The van der Waals surface area contributed by atoms with E-state index in [4.69, 9.17) is 23.2 Å². The van der Waals surface area contributed by atoms with Crippen LogP contribution >= 0.6 is 23.2 Å². The summed E-state index contributed by atoms with van der Waals surface area (Å²) < 4.78 is 4.54. The summed E-state index contributed by atoms with van der Waals surface area (Å²) >= 11 is 11.5. The molecule has 1 aromatic carbocycles. The van der Waals surface area contributed by atoms with Crippen LogP contribution in [0.15, 0.2) is 18.2 Å². The highest BCUT2D eigenvalue weighted by molar-refractivity contribution is 6.35. The monoisotopic (exact) mass is 260 g/mol. The highest BCUT2D eigenvalue weighted by Gasteiger charge is 2.17. The zero-order valence-electron chi connectivity index (χ0n) is 8.79. The van der Waals surface area contributed by atoms with E-state index in [9.17, 15) is 9.59 Å². The first-order chi connectivity index (χ1) is 7.47. The largest absolute Gasteiger partial charge is 0.465 e. The van der Waals surface area contributed by atoms with Crippen molar-refractivity contribution in [2.24, 2.45) is 0 Å². The summed E-state index contributed by atoms with van der Waals surface area (Å²) in [6.07, 6.45) is 0. The smallest absolute Gasteiger partial charge is 0.339 e. The van der Waals surface area contributed by atoms with Gasteiger partial charge in [-0.1, -0.05) is 11.6 Å². The van der Waals surface area contributed by atoms with Crippen molar-refractivity contribution in [1.29, 1.82) is 0 Å². The maximum Gasteiger partial charge on any atom is 0.339 e. The number of carbonyl (C=O) groups excluding carboxylic acids is 2. The van der Waals surface area contributed by atoms with Crippen molar-refractivity contribution in [3.63, 3.8) is 0 Å². The number of halogens is 2. The Hall–Kier alpha value is -1.06. The van der Waals surface area contributed by atoms with Crippen LogP contribution in [0.4, 0.5) is 0 Å². The number of esters is 1. The van der Waals surface area contributed by atoms with Crippen molar-refractivity contribution < 1.29 is 14.3 Å². The maximum atomic E-state index is 11.6. The normalized spacial score (nSPS) is 12.0. The molecule has 0 N–H and O–H groups in total. The van der Waals surface area contributed by atoms with Gasteiger partial charge in [-0.15, -0.1) is 11.6 Å². The molecule has 0 spiro atoms. The van der Waals surface area contributed by atoms with Gasteiger partial charge in [0.15, 0.2) is 5.78 Å². The van der Waals surface area contributed by atoms with Crippen LogP contribution in [0.5, 0.6) is 0 Å². The Labute approximate surface area is 103 Å². The van der Waals surface area contributed by atoms with Gasteiger partial charge < -0.3 is 4.74 Å². The summed E-state index contributed by atoms with van der Waals surface area (Å²) in [5.41, 5.74) is 0.500. The Morgan fingerprint density at radius 2 is 2.00 bits per heavy atom. The second kappa shape index (κ2) is 5.32. The molecule has 1 aromatic rings. The lowest BCUT2D eigenvalue weighted by Crippen LogP contribution is -2.12. The van der Waals surface area contributed by atoms with Crippen molar-refractivity contribution in [3.05, 3.63) is 34.3 Å². The van der Waals surface area contributed by atoms with Crippen molar-refractivity contribution in [2.75, 3.05) is 7.11 Å². The van der Waals surface area contributed by atoms with Gasteiger partial charge in [0.05, 0.1) is 23.1 Å². The molecule has 0 amide bonds. The molecule has 0 fully saturated rings. The second-order valence-corrected chi connectivity index (χ2v) is 4.23. The lowest BCUT2D eigenvalue weighted by Gasteiger charge is -2.06. The van der Waals surface area contributed by atoms with E-state index in [1.807, 2.05) is 0 Å². The average molecular weight is 261 g/mol. The van der Waals surface area contributed by atoms with Gasteiger partial charge in [0.2, 0.25) is 0 Å². The minimum atomic E-state index is -0.647. The predicted molar refractivity (Wildman–Crippen MR) is 62.4 cm³/mol. The number of ether oxygens (including phenoxy) is 1. The minimum Gasteiger partial charge on any atom is -0.465 e. The zero-order chi connectivity index (χ0) is 12.3. The summed E-state index contributed by atoms with van der Waals surface area (Å²) in [5, 5.41) is -0.405. The summed E-state index contributed by atoms with van der Waals surface area (Å²) in [5.74, 6) is -0.842. The number of hydrogen-bond donors (Lipinski definition) is 0. The molecule has 1 atom stereocenters. The van der Waals surface area contributed by atoms with Crippen LogP contribution in [-0.2, 0) is 4.74 Å². The van der Waals surface area contributed by atoms with Crippen LogP contribution in [0.1, 0.15) is 27.6 Å². The molecule has 0 saturated carbocycles. The fourth-order valence-electron chi connectivity index (χ4n) is 1.17. The topological polar surface area (TPSA) is 43.4 Å². The molecule has 16 heavy (non-hydrogen) atoms. The van der Waals surface area contributed by atoms with Gasteiger partial charge >= 0.3 is 5.97 Å². The van der Waals surface area contributed by atoms with Crippen molar-refractivity contribution in [2.45, 2.75) is 12.3 Å². The van der Waals surface area contributed by atoms with Gasteiger partial charge in [0, 0.05) is 5.56 Å². The molecule has 0 aliphatic heterocycles. The molecule has 0 radical (unpaired) electrons. The first-order valence-corrected chi connectivity index (χ1v) is 5.35. The summed E-state index contributed by atoms with van der Waals surface area (Å²) in [6.45, 7) is 1.57. The van der Waals surface area contributed by atoms with E-state index >= 15 is 0 Å². The number of carbonyl (C=O) groups is 2. The van der Waals surface area contributed by atoms with E-state index in [0.29, 0.717) is 5.56 Å². The third-order valence-corrected chi connectivity index (χ3v) is 2.55. The van der Waals surface area contributed by atoms with Gasteiger partial charge in [0.25, 0.3) is 0 Å². The molecule has 86 valence electrons. The van der Waals surface area contributed by atoms with Crippen LogP contribution < -0.4 is 0 Å². The fourth-order valence-corrected chi connectivity index (χ4v) is 1.50. The summed E-state index contributed by atoms with van der Waals surface area (Å²) in [4.78, 5) is 22.9. The molecule has 0 aliphatic rings. The number of rotatable bonds is 3. The van der Waals surface area contributed by atoms with Crippen molar-refractivity contribution in [3.8, 4) is 0 Å². The third-order valence-electron chi connectivity index (χ3n) is 2.02. The van der Waals surface area contributed by atoms with E-state index in [2.05, 4.69) is 4.74 Å². The molecule has 1 rings (SSSR count). The highest BCUT2D eigenvalue weighted by atomic mass is 35.5. The lowest BCUT2D eigenvalue weighted by molar-refractivity contribution is 0.0601. The molecule has 1 unspecified atom stereocenters.